The van der Waals surface area contributed by atoms with Gasteiger partial charge in [-0.3, -0.25) is 4.79 Å². The third-order valence-electron chi connectivity index (χ3n) is 1.80. The molecule has 9 heteroatoms. The zero-order valence-electron chi connectivity index (χ0n) is 9.40. The maximum absolute atomic E-state index is 11.9. The summed E-state index contributed by atoms with van der Waals surface area (Å²) in [5.74, 6) is -0.529. The molecule has 0 radical (unpaired) electrons. The van der Waals surface area contributed by atoms with Gasteiger partial charge < -0.3 is 9.47 Å². The van der Waals surface area contributed by atoms with Crippen molar-refractivity contribution in [1.82, 2.24) is 4.90 Å². The molecule has 1 aromatic rings. The SMILES string of the molecule is CN(C(=O)Cl)C(=O)Oc1ccc(OC(F)(F)F)cc1. The van der Waals surface area contributed by atoms with Crippen molar-refractivity contribution < 1.29 is 32.2 Å². The minimum Gasteiger partial charge on any atom is -0.410 e. The monoisotopic (exact) mass is 297 g/mol. The number of imide groups is 1. The molecule has 0 bridgehead atoms. The van der Waals surface area contributed by atoms with Gasteiger partial charge in [0, 0.05) is 7.05 Å². The second-order valence-electron chi connectivity index (χ2n) is 3.20. The van der Waals surface area contributed by atoms with E-state index in [1.54, 1.807) is 0 Å². The Kier molecular flexibility index (Phi) is 4.60. The lowest BCUT2D eigenvalue weighted by Crippen LogP contribution is -2.31. The fraction of sp³-hybridized carbons (Fsp3) is 0.200. The summed E-state index contributed by atoms with van der Waals surface area (Å²) < 4.78 is 43.9. The Balaban J connectivity index is 2.67. The number of amides is 2. The van der Waals surface area contributed by atoms with Crippen molar-refractivity contribution in [1.29, 1.82) is 0 Å². The standard InChI is InChI=1S/C10H7ClF3NO4/c1-15(8(11)16)9(17)18-6-2-4-7(5-3-6)19-10(12,13)14/h2-5H,1H3. The van der Waals surface area contributed by atoms with Gasteiger partial charge in [0.1, 0.15) is 11.5 Å². The summed E-state index contributed by atoms with van der Waals surface area (Å²) in [6.07, 6.45) is -5.87. The third kappa shape index (κ3) is 5.04. The highest BCUT2D eigenvalue weighted by molar-refractivity contribution is 6.63. The lowest BCUT2D eigenvalue weighted by Gasteiger charge is -2.12. The number of benzene rings is 1. The number of hydrogen-bond acceptors (Lipinski definition) is 4. The molecule has 1 rings (SSSR count). The molecular weight excluding hydrogens is 291 g/mol. The van der Waals surface area contributed by atoms with Crippen LogP contribution < -0.4 is 9.47 Å². The molecule has 0 aromatic heterocycles. The second kappa shape index (κ2) is 5.79. The number of ether oxygens (including phenoxy) is 2. The Hall–Kier alpha value is -1.96. The van der Waals surface area contributed by atoms with Crippen LogP contribution in [0.5, 0.6) is 11.5 Å². The number of alkyl halides is 3. The van der Waals surface area contributed by atoms with Crippen LogP contribution in [0.1, 0.15) is 0 Å². The zero-order valence-corrected chi connectivity index (χ0v) is 10.2. The number of nitrogens with zero attached hydrogens (tertiary/aromatic N) is 1. The van der Waals surface area contributed by atoms with Gasteiger partial charge in [-0.2, -0.15) is 0 Å². The predicted octanol–water partition coefficient (Wildman–Crippen LogP) is 3.37. The lowest BCUT2D eigenvalue weighted by molar-refractivity contribution is -0.274. The first-order valence-electron chi connectivity index (χ1n) is 4.70. The smallest absolute Gasteiger partial charge is 0.410 e. The van der Waals surface area contributed by atoms with E-state index in [2.05, 4.69) is 9.47 Å². The van der Waals surface area contributed by atoms with Gasteiger partial charge in [0.15, 0.2) is 0 Å². The highest BCUT2D eigenvalue weighted by atomic mass is 35.5. The molecular formula is C10H7ClF3NO4. The van der Waals surface area contributed by atoms with E-state index >= 15 is 0 Å². The fourth-order valence-electron chi connectivity index (χ4n) is 0.950. The van der Waals surface area contributed by atoms with Crippen LogP contribution >= 0.6 is 11.6 Å². The highest BCUT2D eigenvalue weighted by Gasteiger charge is 2.31. The Bertz CT molecular complexity index is 475. The topological polar surface area (TPSA) is 55.8 Å². The molecule has 5 nitrogen and oxygen atoms in total. The summed E-state index contributed by atoms with van der Waals surface area (Å²) in [5, 5.41) is -1.05. The van der Waals surface area contributed by atoms with Crippen LogP contribution in [0.4, 0.5) is 22.8 Å². The molecule has 0 aliphatic heterocycles. The van der Waals surface area contributed by atoms with Gasteiger partial charge in [-0.15, -0.1) is 13.2 Å². The van der Waals surface area contributed by atoms with E-state index in [0.717, 1.165) is 31.3 Å². The van der Waals surface area contributed by atoms with E-state index in [1.165, 1.54) is 0 Å². The van der Waals surface area contributed by atoms with Crippen LogP contribution in [0.3, 0.4) is 0 Å². The largest absolute Gasteiger partial charge is 0.573 e. The molecule has 0 N–H and O–H groups in total. The zero-order chi connectivity index (χ0) is 14.6. The minimum atomic E-state index is -4.80. The minimum absolute atomic E-state index is 0.0655. The number of hydrogen-bond donors (Lipinski definition) is 0. The first-order valence-corrected chi connectivity index (χ1v) is 5.07. The van der Waals surface area contributed by atoms with E-state index in [-0.39, 0.29) is 5.75 Å². The van der Waals surface area contributed by atoms with Crippen molar-refractivity contribution in [2.75, 3.05) is 7.05 Å². The van der Waals surface area contributed by atoms with Gasteiger partial charge in [-0.25, -0.2) is 9.69 Å². The van der Waals surface area contributed by atoms with Crippen LogP contribution in [0.25, 0.3) is 0 Å². The molecule has 0 saturated carbocycles. The molecule has 0 unspecified atom stereocenters. The van der Waals surface area contributed by atoms with E-state index in [1.807, 2.05) is 0 Å². The van der Waals surface area contributed by atoms with Gasteiger partial charge in [0.2, 0.25) is 0 Å². The maximum atomic E-state index is 11.9. The van der Waals surface area contributed by atoms with E-state index in [9.17, 15) is 22.8 Å². The summed E-state index contributed by atoms with van der Waals surface area (Å²) >= 11 is 5.03. The molecule has 1 aromatic carbocycles. The summed E-state index contributed by atoms with van der Waals surface area (Å²) in [7, 11) is 1.08. The van der Waals surface area contributed by atoms with Crippen LogP contribution in [0, 0.1) is 0 Å². The molecule has 0 spiro atoms. The van der Waals surface area contributed by atoms with E-state index < -0.39 is 23.6 Å². The Morgan fingerprint density at radius 2 is 1.63 bits per heavy atom. The molecule has 0 heterocycles. The quantitative estimate of drug-likeness (QED) is 0.620. The van der Waals surface area contributed by atoms with Crippen LogP contribution in [0.2, 0.25) is 0 Å². The molecule has 0 aliphatic rings. The van der Waals surface area contributed by atoms with Gasteiger partial charge >= 0.3 is 17.8 Å². The van der Waals surface area contributed by atoms with Crippen molar-refractivity contribution in [2.24, 2.45) is 0 Å². The van der Waals surface area contributed by atoms with Gasteiger partial charge in [-0.05, 0) is 35.9 Å². The average molecular weight is 298 g/mol. The lowest BCUT2D eigenvalue weighted by atomic mass is 10.3. The van der Waals surface area contributed by atoms with Crippen LogP contribution in [-0.4, -0.2) is 29.8 Å². The van der Waals surface area contributed by atoms with Crippen molar-refractivity contribution in [3.8, 4) is 11.5 Å². The summed E-state index contributed by atoms with van der Waals surface area (Å²) in [6, 6.07) is 4.06. The maximum Gasteiger partial charge on any atom is 0.573 e. The van der Waals surface area contributed by atoms with E-state index in [4.69, 9.17) is 11.6 Å². The first-order chi connectivity index (χ1) is 8.69. The van der Waals surface area contributed by atoms with Crippen LogP contribution in [-0.2, 0) is 0 Å². The van der Waals surface area contributed by atoms with E-state index in [0.29, 0.717) is 4.90 Å². The fourth-order valence-corrected chi connectivity index (χ4v) is 1.02. The molecule has 2 amide bonds. The van der Waals surface area contributed by atoms with Crippen LogP contribution in [0.15, 0.2) is 24.3 Å². The summed E-state index contributed by atoms with van der Waals surface area (Å²) in [6.45, 7) is 0. The average Bonchev–Trinajstić information content (AvgIpc) is 2.28. The third-order valence-corrected chi connectivity index (χ3v) is 2.05. The second-order valence-corrected chi connectivity index (χ2v) is 3.52. The normalized spacial score (nSPS) is 10.8. The molecule has 19 heavy (non-hydrogen) atoms. The first kappa shape index (κ1) is 15.1. The summed E-state index contributed by atoms with van der Waals surface area (Å²) in [4.78, 5) is 22.4. The molecule has 0 aliphatic carbocycles. The number of halogens is 4. The Morgan fingerprint density at radius 1 is 1.16 bits per heavy atom. The van der Waals surface area contributed by atoms with Crippen molar-refractivity contribution in [3.63, 3.8) is 0 Å². The molecule has 0 fully saturated rings. The molecule has 104 valence electrons. The number of rotatable bonds is 2. The van der Waals surface area contributed by atoms with Gasteiger partial charge in [-0.1, -0.05) is 0 Å². The summed E-state index contributed by atoms with van der Waals surface area (Å²) in [5.41, 5.74) is 0. The predicted molar refractivity (Wildman–Crippen MR) is 58.2 cm³/mol. The highest BCUT2D eigenvalue weighted by Crippen LogP contribution is 2.24. The Morgan fingerprint density at radius 3 is 2.05 bits per heavy atom. The van der Waals surface area contributed by atoms with Gasteiger partial charge in [0.25, 0.3) is 0 Å². The van der Waals surface area contributed by atoms with Crippen molar-refractivity contribution in [3.05, 3.63) is 24.3 Å². The van der Waals surface area contributed by atoms with Gasteiger partial charge in [0.05, 0.1) is 0 Å². The number of carbonyl (C=O) groups excluding carboxylic acids is 2. The van der Waals surface area contributed by atoms with Crippen molar-refractivity contribution >= 4 is 23.1 Å². The number of carbonyl (C=O) groups is 2. The van der Waals surface area contributed by atoms with Crippen molar-refractivity contribution in [2.45, 2.75) is 6.36 Å². The Labute approximate surface area is 110 Å². The molecule has 0 saturated heterocycles. The molecule has 0 atom stereocenters.